The van der Waals surface area contributed by atoms with Crippen molar-refractivity contribution in [3.05, 3.63) is 0 Å². The van der Waals surface area contributed by atoms with Gasteiger partial charge in [0.15, 0.2) is 0 Å². The summed E-state index contributed by atoms with van der Waals surface area (Å²) in [5, 5.41) is 7.84. The largest absolute Gasteiger partial charge is 0.314 e. The second kappa shape index (κ2) is 7.26. The molecule has 0 aromatic rings. The summed E-state index contributed by atoms with van der Waals surface area (Å²) in [7, 11) is 0. The standard InChI is InChI=1S/C18H34N2/c1-14(15-8-3-2-4-9-15)20-18-11-6-5-10-16(18)17-12-7-13-19-17/h14-20H,2-13H2,1H3/t14-,16?,17?,18?/m1/s1. The zero-order chi connectivity index (χ0) is 13.8. The Hall–Kier alpha value is -0.0800. The van der Waals surface area contributed by atoms with Crippen LogP contribution in [0.1, 0.15) is 77.6 Å². The van der Waals surface area contributed by atoms with Crippen molar-refractivity contribution in [1.82, 2.24) is 10.6 Å². The molecular weight excluding hydrogens is 244 g/mol. The highest BCUT2D eigenvalue weighted by atomic mass is 15.0. The number of hydrogen-bond donors (Lipinski definition) is 2. The van der Waals surface area contributed by atoms with Gasteiger partial charge in [0.25, 0.3) is 0 Å². The fourth-order valence-corrected chi connectivity index (χ4v) is 5.03. The summed E-state index contributed by atoms with van der Waals surface area (Å²) in [4.78, 5) is 0. The van der Waals surface area contributed by atoms with E-state index in [0.717, 1.165) is 30.0 Å². The van der Waals surface area contributed by atoms with Gasteiger partial charge < -0.3 is 10.6 Å². The van der Waals surface area contributed by atoms with E-state index < -0.39 is 0 Å². The van der Waals surface area contributed by atoms with Crippen molar-refractivity contribution >= 4 is 0 Å². The van der Waals surface area contributed by atoms with Crippen molar-refractivity contribution in [2.45, 2.75) is 95.7 Å². The Morgan fingerprint density at radius 2 is 1.60 bits per heavy atom. The molecule has 3 unspecified atom stereocenters. The molecule has 3 aliphatic rings. The van der Waals surface area contributed by atoms with Crippen LogP contribution in [-0.4, -0.2) is 24.7 Å². The maximum Gasteiger partial charge on any atom is 0.0113 e. The molecule has 1 heterocycles. The molecule has 0 radical (unpaired) electrons. The normalized spacial score (nSPS) is 38.0. The van der Waals surface area contributed by atoms with Crippen LogP contribution in [0.15, 0.2) is 0 Å². The summed E-state index contributed by atoms with van der Waals surface area (Å²) >= 11 is 0. The molecule has 3 rings (SSSR count). The van der Waals surface area contributed by atoms with Gasteiger partial charge in [0.05, 0.1) is 0 Å². The molecule has 0 spiro atoms. The Balaban J connectivity index is 1.55. The third-order valence-corrected chi connectivity index (χ3v) is 6.27. The molecule has 20 heavy (non-hydrogen) atoms. The van der Waals surface area contributed by atoms with E-state index in [1.54, 1.807) is 0 Å². The third kappa shape index (κ3) is 3.57. The Labute approximate surface area is 125 Å². The minimum atomic E-state index is 0.738. The maximum atomic E-state index is 4.08. The molecule has 1 aliphatic heterocycles. The van der Waals surface area contributed by atoms with Gasteiger partial charge in [-0.2, -0.15) is 0 Å². The number of hydrogen-bond acceptors (Lipinski definition) is 2. The van der Waals surface area contributed by atoms with Gasteiger partial charge in [-0.05, 0) is 63.8 Å². The second-order valence-electron chi connectivity index (χ2n) is 7.61. The van der Waals surface area contributed by atoms with Crippen molar-refractivity contribution in [2.75, 3.05) is 6.54 Å². The first-order chi connectivity index (χ1) is 9.84. The minimum Gasteiger partial charge on any atom is -0.314 e. The first-order valence-corrected chi connectivity index (χ1v) is 9.34. The quantitative estimate of drug-likeness (QED) is 0.816. The molecule has 2 nitrogen and oxygen atoms in total. The van der Waals surface area contributed by atoms with Crippen molar-refractivity contribution < 1.29 is 0 Å². The van der Waals surface area contributed by atoms with Crippen LogP contribution < -0.4 is 10.6 Å². The molecule has 4 atom stereocenters. The Morgan fingerprint density at radius 1 is 0.850 bits per heavy atom. The van der Waals surface area contributed by atoms with E-state index in [1.807, 2.05) is 0 Å². The van der Waals surface area contributed by atoms with Gasteiger partial charge in [-0.3, -0.25) is 0 Å². The van der Waals surface area contributed by atoms with Gasteiger partial charge in [-0.25, -0.2) is 0 Å². The molecule has 116 valence electrons. The SMILES string of the molecule is C[C@@H](NC1CCCCC1C1CCCN1)C1CCCCC1. The molecule has 0 amide bonds. The van der Waals surface area contributed by atoms with Gasteiger partial charge in [0.2, 0.25) is 0 Å². The van der Waals surface area contributed by atoms with Crippen LogP contribution in [-0.2, 0) is 0 Å². The summed E-state index contributed by atoms with van der Waals surface area (Å²) in [5.41, 5.74) is 0. The lowest BCUT2D eigenvalue weighted by molar-refractivity contribution is 0.175. The van der Waals surface area contributed by atoms with Crippen molar-refractivity contribution in [3.8, 4) is 0 Å². The first-order valence-electron chi connectivity index (χ1n) is 9.34. The van der Waals surface area contributed by atoms with Crippen molar-refractivity contribution in [2.24, 2.45) is 11.8 Å². The fourth-order valence-electron chi connectivity index (χ4n) is 5.03. The van der Waals surface area contributed by atoms with E-state index in [2.05, 4.69) is 17.6 Å². The fraction of sp³-hybridized carbons (Fsp3) is 1.00. The molecule has 2 aliphatic carbocycles. The lowest BCUT2D eigenvalue weighted by Gasteiger charge is -2.40. The van der Waals surface area contributed by atoms with E-state index in [9.17, 15) is 0 Å². The summed E-state index contributed by atoms with van der Waals surface area (Å²) in [6, 6.07) is 2.34. The summed E-state index contributed by atoms with van der Waals surface area (Å²) in [6.45, 7) is 3.72. The number of nitrogens with one attached hydrogen (secondary N) is 2. The molecule has 2 saturated carbocycles. The third-order valence-electron chi connectivity index (χ3n) is 6.27. The molecule has 2 N–H and O–H groups in total. The second-order valence-corrected chi connectivity index (χ2v) is 7.61. The Kier molecular flexibility index (Phi) is 5.39. The summed E-state index contributed by atoms with van der Waals surface area (Å²) in [5.74, 6) is 1.85. The van der Waals surface area contributed by atoms with Crippen LogP contribution in [0.2, 0.25) is 0 Å². The van der Waals surface area contributed by atoms with Gasteiger partial charge in [-0.15, -0.1) is 0 Å². The van der Waals surface area contributed by atoms with E-state index in [4.69, 9.17) is 0 Å². The smallest absolute Gasteiger partial charge is 0.0113 e. The van der Waals surface area contributed by atoms with E-state index in [0.29, 0.717) is 0 Å². The predicted molar refractivity (Wildman–Crippen MR) is 85.9 cm³/mol. The lowest BCUT2D eigenvalue weighted by Crippen LogP contribution is -2.51. The molecule has 0 aromatic carbocycles. The molecule has 0 aromatic heterocycles. The Morgan fingerprint density at radius 3 is 2.35 bits per heavy atom. The minimum absolute atomic E-state index is 0.738. The highest BCUT2D eigenvalue weighted by molar-refractivity contribution is 4.93. The van der Waals surface area contributed by atoms with E-state index in [-0.39, 0.29) is 0 Å². The van der Waals surface area contributed by atoms with Crippen LogP contribution >= 0.6 is 0 Å². The topological polar surface area (TPSA) is 24.1 Å². The highest BCUT2D eigenvalue weighted by Crippen LogP contribution is 2.33. The van der Waals surface area contributed by atoms with E-state index >= 15 is 0 Å². The summed E-state index contributed by atoms with van der Waals surface area (Å²) in [6.07, 6.45) is 15.9. The molecule has 2 heteroatoms. The Bertz CT molecular complexity index is 279. The van der Waals surface area contributed by atoms with Crippen LogP contribution in [0.25, 0.3) is 0 Å². The van der Waals surface area contributed by atoms with Crippen LogP contribution in [0.4, 0.5) is 0 Å². The molecule has 3 fully saturated rings. The maximum absolute atomic E-state index is 4.08. The van der Waals surface area contributed by atoms with Gasteiger partial charge >= 0.3 is 0 Å². The lowest BCUT2D eigenvalue weighted by atomic mass is 9.77. The van der Waals surface area contributed by atoms with Crippen LogP contribution in [0, 0.1) is 11.8 Å². The first kappa shape index (κ1) is 14.8. The van der Waals surface area contributed by atoms with E-state index in [1.165, 1.54) is 77.2 Å². The van der Waals surface area contributed by atoms with Gasteiger partial charge in [0, 0.05) is 18.1 Å². The molecule has 1 saturated heterocycles. The summed E-state index contributed by atoms with van der Waals surface area (Å²) < 4.78 is 0. The monoisotopic (exact) mass is 278 g/mol. The van der Waals surface area contributed by atoms with Gasteiger partial charge in [0.1, 0.15) is 0 Å². The highest BCUT2D eigenvalue weighted by Gasteiger charge is 2.34. The zero-order valence-electron chi connectivity index (χ0n) is 13.4. The molecular formula is C18H34N2. The van der Waals surface area contributed by atoms with Crippen LogP contribution in [0.3, 0.4) is 0 Å². The van der Waals surface area contributed by atoms with Crippen molar-refractivity contribution in [1.29, 1.82) is 0 Å². The van der Waals surface area contributed by atoms with Crippen molar-refractivity contribution in [3.63, 3.8) is 0 Å². The molecule has 0 bridgehead atoms. The predicted octanol–water partition coefficient (Wildman–Crippen LogP) is 3.86. The average molecular weight is 278 g/mol. The van der Waals surface area contributed by atoms with Crippen LogP contribution in [0.5, 0.6) is 0 Å². The number of rotatable bonds is 4. The zero-order valence-corrected chi connectivity index (χ0v) is 13.4. The average Bonchev–Trinajstić information content (AvgIpc) is 3.03. The van der Waals surface area contributed by atoms with Gasteiger partial charge in [-0.1, -0.05) is 32.1 Å².